The average molecular weight is 387 g/mol. The molecule has 0 fully saturated rings. The van der Waals surface area contributed by atoms with Crippen LogP contribution in [0.1, 0.15) is 32.2 Å². The number of nitroso groups, excluding NO2 is 1. The fourth-order valence-corrected chi connectivity index (χ4v) is 3.48. The molecule has 5 nitrogen and oxygen atoms in total. The first-order chi connectivity index (χ1) is 14.2. The van der Waals surface area contributed by atoms with Crippen LogP contribution in [0, 0.1) is 10.8 Å². The first kappa shape index (κ1) is 20.1. The number of nitrogens with zero attached hydrogens (tertiary/aromatic N) is 1. The van der Waals surface area contributed by atoms with Gasteiger partial charge in [0.15, 0.2) is 11.6 Å². The summed E-state index contributed by atoms with van der Waals surface area (Å²) >= 11 is 0. The fraction of sp³-hybridized carbons (Fsp3) is 0.167. The van der Waals surface area contributed by atoms with Crippen molar-refractivity contribution in [2.45, 2.75) is 5.92 Å². The van der Waals surface area contributed by atoms with E-state index in [1.54, 1.807) is 84.9 Å². The number of ether oxygens (including phenoxy) is 1. The largest absolute Gasteiger partial charge is 0.496 e. The number of ketones is 2. The second-order valence-corrected chi connectivity index (χ2v) is 6.60. The minimum absolute atomic E-state index is 0.220. The topological polar surface area (TPSA) is 72.8 Å². The van der Waals surface area contributed by atoms with E-state index in [9.17, 15) is 14.5 Å². The lowest BCUT2D eigenvalue weighted by Gasteiger charge is -2.25. The summed E-state index contributed by atoms with van der Waals surface area (Å²) in [7, 11) is 1.51. The van der Waals surface area contributed by atoms with Crippen molar-refractivity contribution >= 4 is 11.6 Å². The lowest BCUT2D eigenvalue weighted by molar-refractivity contribution is 0.0784. The average Bonchev–Trinajstić information content (AvgIpc) is 2.79. The van der Waals surface area contributed by atoms with Crippen LogP contribution in [0.25, 0.3) is 0 Å². The van der Waals surface area contributed by atoms with E-state index in [0.29, 0.717) is 22.4 Å². The van der Waals surface area contributed by atoms with Gasteiger partial charge in [-0.1, -0.05) is 84.0 Å². The SMILES string of the molecule is COc1ccccc1[C@@H](CN=O)C(C(=O)c1ccccc1)C(=O)c1ccccc1. The number of carbonyl (C=O) groups excluding carboxylic acids is 2. The lowest BCUT2D eigenvalue weighted by Crippen LogP contribution is -2.32. The van der Waals surface area contributed by atoms with E-state index in [1.165, 1.54) is 7.11 Å². The minimum atomic E-state index is -1.10. The van der Waals surface area contributed by atoms with Crippen molar-refractivity contribution in [3.8, 4) is 5.75 Å². The molecule has 0 saturated heterocycles. The van der Waals surface area contributed by atoms with Crippen LogP contribution in [0.15, 0.2) is 90.1 Å². The molecule has 0 amide bonds. The summed E-state index contributed by atoms with van der Waals surface area (Å²) in [6.45, 7) is -0.220. The maximum atomic E-state index is 13.4. The number of rotatable bonds is 9. The van der Waals surface area contributed by atoms with Gasteiger partial charge in [-0.05, 0) is 6.07 Å². The monoisotopic (exact) mass is 387 g/mol. The Balaban J connectivity index is 2.15. The van der Waals surface area contributed by atoms with Gasteiger partial charge in [0.1, 0.15) is 5.75 Å². The van der Waals surface area contributed by atoms with E-state index in [-0.39, 0.29) is 18.1 Å². The first-order valence-electron chi connectivity index (χ1n) is 9.28. The molecule has 0 aliphatic carbocycles. The number of hydrogen-bond acceptors (Lipinski definition) is 5. The molecule has 3 rings (SSSR count). The highest BCUT2D eigenvalue weighted by Crippen LogP contribution is 2.36. The Morgan fingerprint density at radius 1 is 0.793 bits per heavy atom. The number of Topliss-reactive ketones (excluding diaryl/α,β-unsaturated/α-hetero) is 2. The Morgan fingerprint density at radius 3 is 1.76 bits per heavy atom. The Morgan fingerprint density at radius 2 is 1.28 bits per heavy atom. The Kier molecular flexibility index (Phi) is 6.63. The summed E-state index contributed by atoms with van der Waals surface area (Å²) in [5, 5.41) is 3.05. The van der Waals surface area contributed by atoms with E-state index in [4.69, 9.17) is 4.74 Å². The molecule has 0 radical (unpaired) electrons. The number of methoxy groups -OCH3 is 1. The molecular formula is C24H21NO4. The first-order valence-corrected chi connectivity index (χ1v) is 9.28. The maximum Gasteiger partial charge on any atom is 0.174 e. The molecule has 0 aromatic heterocycles. The molecule has 0 bridgehead atoms. The molecule has 29 heavy (non-hydrogen) atoms. The molecule has 0 aliphatic rings. The van der Waals surface area contributed by atoms with Crippen LogP contribution < -0.4 is 4.74 Å². The Labute approximate surface area is 169 Å². The van der Waals surface area contributed by atoms with E-state index < -0.39 is 11.8 Å². The molecule has 3 aromatic rings. The van der Waals surface area contributed by atoms with Crippen molar-refractivity contribution < 1.29 is 14.3 Å². The molecule has 0 N–H and O–H groups in total. The molecule has 1 atom stereocenters. The van der Waals surface area contributed by atoms with Crippen molar-refractivity contribution in [1.29, 1.82) is 0 Å². The number of benzene rings is 3. The van der Waals surface area contributed by atoms with Crippen LogP contribution in [0.2, 0.25) is 0 Å². The summed E-state index contributed by atoms with van der Waals surface area (Å²) in [5.74, 6) is -2.04. The van der Waals surface area contributed by atoms with Gasteiger partial charge in [0.2, 0.25) is 0 Å². The highest BCUT2D eigenvalue weighted by molar-refractivity contribution is 6.16. The fourth-order valence-electron chi connectivity index (χ4n) is 3.48. The third-order valence-corrected chi connectivity index (χ3v) is 4.89. The maximum absolute atomic E-state index is 13.4. The summed E-state index contributed by atoms with van der Waals surface area (Å²) < 4.78 is 5.43. The van der Waals surface area contributed by atoms with Crippen molar-refractivity contribution in [2.24, 2.45) is 11.1 Å². The van der Waals surface area contributed by atoms with Crippen molar-refractivity contribution in [2.75, 3.05) is 13.7 Å². The Bertz CT molecular complexity index is 935. The van der Waals surface area contributed by atoms with Gasteiger partial charge in [0.05, 0.1) is 19.6 Å². The predicted molar refractivity (Wildman–Crippen MR) is 111 cm³/mol. The van der Waals surface area contributed by atoms with Crippen molar-refractivity contribution in [3.63, 3.8) is 0 Å². The van der Waals surface area contributed by atoms with Gasteiger partial charge in [0, 0.05) is 22.6 Å². The van der Waals surface area contributed by atoms with Crippen LogP contribution in [-0.2, 0) is 0 Å². The van der Waals surface area contributed by atoms with Crippen LogP contribution in [0.3, 0.4) is 0 Å². The smallest absolute Gasteiger partial charge is 0.174 e. The Hall–Kier alpha value is -3.60. The molecule has 0 heterocycles. The summed E-state index contributed by atoms with van der Waals surface area (Å²) in [5.41, 5.74) is 1.42. The minimum Gasteiger partial charge on any atom is -0.496 e. The molecule has 3 aromatic carbocycles. The van der Waals surface area contributed by atoms with E-state index >= 15 is 0 Å². The van der Waals surface area contributed by atoms with Gasteiger partial charge < -0.3 is 4.74 Å². The summed E-state index contributed by atoms with van der Waals surface area (Å²) in [4.78, 5) is 38.2. The second kappa shape index (κ2) is 9.55. The van der Waals surface area contributed by atoms with E-state index in [1.807, 2.05) is 0 Å². The zero-order chi connectivity index (χ0) is 20.6. The van der Waals surface area contributed by atoms with Gasteiger partial charge in [-0.25, -0.2) is 0 Å². The normalized spacial score (nSPS) is 11.7. The molecule has 0 saturated carbocycles. The van der Waals surface area contributed by atoms with Gasteiger partial charge in [-0.3, -0.25) is 9.59 Å². The number of hydrogen-bond donors (Lipinski definition) is 0. The lowest BCUT2D eigenvalue weighted by atomic mass is 9.76. The molecule has 146 valence electrons. The van der Waals surface area contributed by atoms with Crippen LogP contribution in [0.4, 0.5) is 0 Å². The number of para-hydroxylation sites is 1. The molecular weight excluding hydrogens is 366 g/mol. The van der Waals surface area contributed by atoms with Gasteiger partial charge in [0.25, 0.3) is 0 Å². The number of carbonyl (C=O) groups is 2. The standard InChI is InChI=1S/C24H21NO4/c1-29-21-15-9-8-14-19(21)20(16-25-28)22(23(26)17-10-4-2-5-11-17)24(27)18-12-6-3-7-13-18/h2-15,20,22H,16H2,1H3/t20-/m1/s1. The quantitative estimate of drug-likeness (QED) is 0.297. The third kappa shape index (κ3) is 4.46. The highest BCUT2D eigenvalue weighted by atomic mass is 16.5. The van der Waals surface area contributed by atoms with Crippen LogP contribution in [0.5, 0.6) is 5.75 Å². The summed E-state index contributed by atoms with van der Waals surface area (Å²) in [6.07, 6.45) is 0. The van der Waals surface area contributed by atoms with E-state index in [0.717, 1.165) is 0 Å². The molecule has 0 aliphatic heterocycles. The van der Waals surface area contributed by atoms with Crippen molar-refractivity contribution in [1.82, 2.24) is 0 Å². The van der Waals surface area contributed by atoms with E-state index in [2.05, 4.69) is 5.18 Å². The third-order valence-electron chi connectivity index (χ3n) is 4.89. The van der Waals surface area contributed by atoms with Crippen molar-refractivity contribution in [3.05, 3.63) is 107 Å². The summed E-state index contributed by atoms with van der Waals surface area (Å²) in [6, 6.07) is 24.3. The zero-order valence-corrected chi connectivity index (χ0v) is 16.0. The molecule has 0 spiro atoms. The van der Waals surface area contributed by atoms with Crippen LogP contribution in [-0.4, -0.2) is 25.2 Å². The highest BCUT2D eigenvalue weighted by Gasteiger charge is 2.38. The molecule has 5 heteroatoms. The zero-order valence-electron chi connectivity index (χ0n) is 16.0. The predicted octanol–water partition coefficient (Wildman–Crippen LogP) is 4.93. The van der Waals surface area contributed by atoms with Gasteiger partial charge >= 0.3 is 0 Å². The van der Waals surface area contributed by atoms with Gasteiger partial charge in [-0.2, -0.15) is 4.91 Å². The van der Waals surface area contributed by atoms with Crippen LogP contribution >= 0.6 is 0 Å². The second-order valence-electron chi connectivity index (χ2n) is 6.60. The molecule has 0 unspecified atom stereocenters. The van der Waals surface area contributed by atoms with Gasteiger partial charge in [-0.15, -0.1) is 0 Å².